The van der Waals surface area contributed by atoms with Crippen molar-refractivity contribution in [3.63, 3.8) is 0 Å². The minimum atomic E-state index is -0.339. The second-order valence-corrected chi connectivity index (χ2v) is 6.20. The molecule has 4 nitrogen and oxygen atoms in total. The Bertz CT molecular complexity index is 448. The molecule has 1 rings (SSSR count). The molecule has 0 fully saturated rings. The van der Waals surface area contributed by atoms with Gasteiger partial charge in [0.25, 0.3) is 0 Å². The van der Waals surface area contributed by atoms with E-state index in [0.29, 0.717) is 12.2 Å². The number of ether oxygens (including phenoxy) is 1. The van der Waals surface area contributed by atoms with Crippen molar-refractivity contribution >= 4 is 5.97 Å². The molecule has 0 saturated heterocycles. The van der Waals surface area contributed by atoms with E-state index in [1.807, 2.05) is 13.8 Å². The number of nitrogens with zero attached hydrogens (tertiary/aromatic N) is 2. The number of carbonyl (C=O) groups excluding carboxylic acids is 1. The highest BCUT2D eigenvalue weighted by molar-refractivity contribution is 5.90. The van der Waals surface area contributed by atoms with Crippen LogP contribution < -0.4 is 0 Å². The van der Waals surface area contributed by atoms with E-state index in [0.717, 1.165) is 17.9 Å². The van der Waals surface area contributed by atoms with E-state index in [4.69, 9.17) is 4.74 Å². The summed E-state index contributed by atoms with van der Waals surface area (Å²) in [5.74, 6) is 0.610. The van der Waals surface area contributed by atoms with Crippen molar-refractivity contribution in [2.45, 2.75) is 53.9 Å². The highest BCUT2D eigenvalue weighted by Gasteiger charge is 2.20. The van der Waals surface area contributed by atoms with E-state index < -0.39 is 0 Å². The Morgan fingerprint density at radius 3 is 2.47 bits per heavy atom. The summed E-state index contributed by atoms with van der Waals surface area (Å²) in [6.07, 6.45) is 2.39. The molecule has 0 radical (unpaired) electrons. The van der Waals surface area contributed by atoms with Crippen LogP contribution in [-0.4, -0.2) is 22.5 Å². The predicted molar refractivity (Wildman–Crippen MR) is 75.2 cm³/mol. The standard InChI is InChI=1S/C15H24N2O2/c1-7-19-14(18)11-9-16-12(8-15(4,5)6)17-13(11)10(2)3/h9-10H,7-8H2,1-6H3. The molecule has 0 aliphatic carbocycles. The van der Waals surface area contributed by atoms with Crippen molar-refractivity contribution < 1.29 is 9.53 Å². The second-order valence-electron chi connectivity index (χ2n) is 6.20. The van der Waals surface area contributed by atoms with Gasteiger partial charge in [-0.05, 0) is 18.3 Å². The summed E-state index contributed by atoms with van der Waals surface area (Å²) in [6.45, 7) is 12.6. The van der Waals surface area contributed by atoms with E-state index in [1.54, 1.807) is 13.1 Å². The van der Waals surface area contributed by atoms with Gasteiger partial charge < -0.3 is 4.74 Å². The van der Waals surface area contributed by atoms with Gasteiger partial charge >= 0.3 is 5.97 Å². The number of esters is 1. The molecule has 19 heavy (non-hydrogen) atoms. The van der Waals surface area contributed by atoms with Crippen LogP contribution in [0.5, 0.6) is 0 Å². The maximum Gasteiger partial charge on any atom is 0.341 e. The van der Waals surface area contributed by atoms with Gasteiger partial charge in [-0.3, -0.25) is 0 Å². The summed E-state index contributed by atoms with van der Waals surface area (Å²) < 4.78 is 5.04. The fourth-order valence-electron chi connectivity index (χ4n) is 1.80. The van der Waals surface area contributed by atoms with Crippen LogP contribution in [0.4, 0.5) is 0 Å². The van der Waals surface area contributed by atoms with Crippen molar-refractivity contribution in [1.82, 2.24) is 9.97 Å². The summed E-state index contributed by atoms with van der Waals surface area (Å²) in [5, 5.41) is 0. The molecule has 0 bridgehead atoms. The van der Waals surface area contributed by atoms with Gasteiger partial charge in [-0.25, -0.2) is 14.8 Å². The second kappa shape index (κ2) is 6.13. The summed E-state index contributed by atoms with van der Waals surface area (Å²) in [7, 11) is 0. The molecule has 0 saturated carbocycles. The van der Waals surface area contributed by atoms with Crippen molar-refractivity contribution in [3.8, 4) is 0 Å². The Morgan fingerprint density at radius 1 is 1.37 bits per heavy atom. The Balaban J connectivity index is 3.11. The molecule has 4 heteroatoms. The number of rotatable bonds is 4. The normalized spacial score (nSPS) is 11.7. The van der Waals surface area contributed by atoms with Crippen LogP contribution >= 0.6 is 0 Å². The quantitative estimate of drug-likeness (QED) is 0.782. The third kappa shape index (κ3) is 4.62. The van der Waals surface area contributed by atoms with Crippen LogP contribution in [0.3, 0.4) is 0 Å². The molecule has 0 amide bonds. The lowest BCUT2D eigenvalue weighted by Gasteiger charge is -2.18. The molecular formula is C15H24N2O2. The van der Waals surface area contributed by atoms with E-state index in [-0.39, 0.29) is 17.3 Å². The molecule has 0 unspecified atom stereocenters. The van der Waals surface area contributed by atoms with Gasteiger partial charge in [-0.15, -0.1) is 0 Å². The third-order valence-corrected chi connectivity index (χ3v) is 2.60. The largest absolute Gasteiger partial charge is 0.462 e. The van der Waals surface area contributed by atoms with Crippen LogP contribution in [0.2, 0.25) is 0 Å². The van der Waals surface area contributed by atoms with E-state index in [1.165, 1.54) is 0 Å². The van der Waals surface area contributed by atoms with Crippen LogP contribution in [0, 0.1) is 5.41 Å². The molecule has 0 aliphatic rings. The van der Waals surface area contributed by atoms with Crippen LogP contribution in [0.15, 0.2) is 6.20 Å². The Hall–Kier alpha value is -1.45. The molecule has 106 valence electrons. The first-order valence-corrected chi connectivity index (χ1v) is 6.77. The molecule has 0 aliphatic heterocycles. The van der Waals surface area contributed by atoms with E-state index >= 15 is 0 Å². The smallest absolute Gasteiger partial charge is 0.341 e. The molecule has 1 aromatic rings. The molecule has 1 aromatic heterocycles. The van der Waals surface area contributed by atoms with Crippen molar-refractivity contribution in [3.05, 3.63) is 23.3 Å². The lowest BCUT2D eigenvalue weighted by Crippen LogP contribution is -2.17. The average molecular weight is 264 g/mol. The Labute approximate surface area is 115 Å². The number of hydrogen-bond acceptors (Lipinski definition) is 4. The molecule has 0 atom stereocenters. The molecule has 0 spiro atoms. The lowest BCUT2D eigenvalue weighted by atomic mass is 9.91. The molecule has 0 N–H and O–H groups in total. The molecular weight excluding hydrogens is 240 g/mol. The molecule has 0 aromatic carbocycles. The fraction of sp³-hybridized carbons (Fsp3) is 0.667. The summed E-state index contributed by atoms with van der Waals surface area (Å²) in [5.41, 5.74) is 1.38. The summed E-state index contributed by atoms with van der Waals surface area (Å²) >= 11 is 0. The Kier molecular flexibility index (Phi) is 5.04. The highest BCUT2D eigenvalue weighted by atomic mass is 16.5. The van der Waals surface area contributed by atoms with Gasteiger partial charge in [0.15, 0.2) is 0 Å². The van der Waals surface area contributed by atoms with Gasteiger partial charge in [-0.2, -0.15) is 0 Å². The third-order valence-electron chi connectivity index (χ3n) is 2.60. The zero-order valence-corrected chi connectivity index (χ0v) is 12.8. The van der Waals surface area contributed by atoms with Crippen LogP contribution in [-0.2, 0) is 11.2 Å². The average Bonchev–Trinajstić information content (AvgIpc) is 2.26. The first kappa shape index (κ1) is 15.6. The van der Waals surface area contributed by atoms with Gasteiger partial charge in [0.1, 0.15) is 5.82 Å². The monoisotopic (exact) mass is 264 g/mol. The maximum atomic E-state index is 11.9. The lowest BCUT2D eigenvalue weighted by molar-refractivity contribution is 0.0523. The van der Waals surface area contributed by atoms with E-state index in [9.17, 15) is 4.79 Å². The number of aromatic nitrogens is 2. The topological polar surface area (TPSA) is 52.1 Å². The van der Waals surface area contributed by atoms with Gasteiger partial charge in [0, 0.05) is 12.6 Å². The summed E-state index contributed by atoms with van der Waals surface area (Å²) in [4.78, 5) is 20.7. The van der Waals surface area contributed by atoms with Crippen molar-refractivity contribution in [1.29, 1.82) is 0 Å². The first-order chi connectivity index (χ1) is 8.74. The Morgan fingerprint density at radius 2 is 2.00 bits per heavy atom. The summed E-state index contributed by atoms with van der Waals surface area (Å²) in [6, 6.07) is 0. The van der Waals surface area contributed by atoms with Crippen molar-refractivity contribution in [2.24, 2.45) is 5.41 Å². The van der Waals surface area contributed by atoms with Crippen LogP contribution in [0.1, 0.15) is 69.3 Å². The fourth-order valence-corrected chi connectivity index (χ4v) is 1.80. The van der Waals surface area contributed by atoms with Crippen molar-refractivity contribution in [2.75, 3.05) is 6.61 Å². The maximum absolute atomic E-state index is 11.9. The highest BCUT2D eigenvalue weighted by Crippen LogP contribution is 2.22. The minimum Gasteiger partial charge on any atom is -0.462 e. The molecule has 1 heterocycles. The van der Waals surface area contributed by atoms with Gasteiger partial charge in [-0.1, -0.05) is 34.6 Å². The zero-order chi connectivity index (χ0) is 14.6. The van der Waals surface area contributed by atoms with Crippen LogP contribution in [0.25, 0.3) is 0 Å². The SMILES string of the molecule is CCOC(=O)c1cnc(CC(C)(C)C)nc1C(C)C. The first-order valence-electron chi connectivity index (χ1n) is 6.77. The number of hydrogen-bond donors (Lipinski definition) is 0. The zero-order valence-electron chi connectivity index (χ0n) is 12.8. The number of carbonyl (C=O) groups is 1. The van der Waals surface area contributed by atoms with E-state index in [2.05, 4.69) is 30.7 Å². The predicted octanol–water partition coefficient (Wildman–Crippen LogP) is 3.37. The minimum absolute atomic E-state index is 0.125. The van der Waals surface area contributed by atoms with Gasteiger partial charge in [0.2, 0.25) is 0 Å². The van der Waals surface area contributed by atoms with Gasteiger partial charge in [0.05, 0.1) is 17.9 Å².